The molecule has 3 nitrogen and oxygen atoms in total. The molecule has 0 radical (unpaired) electrons. The van der Waals surface area contributed by atoms with Crippen LogP contribution in [-0.4, -0.2) is 36.7 Å². The Morgan fingerprint density at radius 1 is 1.53 bits per heavy atom. The van der Waals surface area contributed by atoms with Crippen LogP contribution < -0.4 is 5.73 Å². The molecule has 0 saturated carbocycles. The number of hydrogen-bond acceptors (Lipinski definition) is 3. The molecule has 1 aromatic carbocycles. The van der Waals surface area contributed by atoms with Crippen molar-refractivity contribution in [3.8, 4) is 0 Å². The van der Waals surface area contributed by atoms with Crippen LogP contribution >= 0.6 is 27.5 Å². The second-order valence-corrected chi connectivity index (χ2v) is 6.80. The molecule has 1 aromatic rings. The van der Waals surface area contributed by atoms with E-state index >= 15 is 0 Å². The minimum Gasteiger partial charge on any atom is -0.378 e. The van der Waals surface area contributed by atoms with E-state index < -0.39 is 0 Å². The number of ether oxygens (including phenoxy) is 1. The number of nitrogens with two attached hydrogens (primary N) is 1. The summed E-state index contributed by atoms with van der Waals surface area (Å²) < 4.78 is 6.60. The van der Waals surface area contributed by atoms with Crippen LogP contribution in [0.2, 0.25) is 5.02 Å². The Morgan fingerprint density at radius 2 is 2.26 bits per heavy atom. The fourth-order valence-corrected chi connectivity index (χ4v) is 3.26. The molecule has 2 rings (SSSR count). The van der Waals surface area contributed by atoms with E-state index in [1.54, 1.807) is 0 Å². The summed E-state index contributed by atoms with van der Waals surface area (Å²) in [4.78, 5) is 2.39. The highest BCUT2D eigenvalue weighted by Crippen LogP contribution is 2.34. The molecule has 1 atom stereocenters. The van der Waals surface area contributed by atoms with E-state index in [1.807, 2.05) is 12.1 Å². The van der Waals surface area contributed by atoms with E-state index in [0.29, 0.717) is 6.54 Å². The number of halogens is 2. The SMILES string of the molecule is CC1(C)COCCN1C(CN)c1cc(Br)ccc1Cl. The quantitative estimate of drug-likeness (QED) is 0.912. The standard InChI is InChI=1S/C14H20BrClN2O/c1-14(2)9-19-6-5-18(14)13(8-17)11-7-10(15)3-4-12(11)16/h3-4,7,13H,5-6,8-9,17H2,1-2H3. The first kappa shape index (κ1) is 15.3. The largest absolute Gasteiger partial charge is 0.378 e. The maximum absolute atomic E-state index is 6.35. The molecule has 0 amide bonds. The van der Waals surface area contributed by atoms with Gasteiger partial charge in [0, 0.05) is 34.2 Å². The van der Waals surface area contributed by atoms with Gasteiger partial charge in [-0.3, -0.25) is 4.90 Å². The molecule has 0 aliphatic carbocycles. The monoisotopic (exact) mass is 346 g/mol. The van der Waals surface area contributed by atoms with Crippen LogP contribution in [0, 0.1) is 0 Å². The van der Waals surface area contributed by atoms with E-state index in [9.17, 15) is 0 Å². The van der Waals surface area contributed by atoms with Crippen LogP contribution in [0.15, 0.2) is 22.7 Å². The Balaban J connectivity index is 2.35. The van der Waals surface area contributed by atoms with Crippen LogP contribution in [0.5, 0.6) is 0 Å². The maximum Gasteiger partial charge on any atom is 0.0645 e. The third kappa shape index (κ3) is 3.31. The van der Waals surface area contributed by atoms with Gasteiger partial charge in [0.15, 0.2) is 0 Å². The van der Waals surface area contributed by atoms with Crippen LogP contribution in [0.1, 0.15) is 25.5 Å². The average molecular weight is 348 g/mol. The van der Waals surface area contributed by atoms with Crippen molar-refractivity contribution in [2.45, 2.75) is 25.4 Å². The molecule has 1 aliphatic heterocycles. The van der Waals surface area contributed by atoms with Crippen molar-refractivity contribution >= 4 is 27.5 Å². The number of hydrogen-bond donors (Lipinski definition) is 1. The van der Waals surface area contributed by atoms with Gasteiger partial charge < -0.3 is 10.5 Å². The smallest absolute Gasteiger partial charge is 0.0645 e. The van der Waals surface area contributed by atoms with Crippen molar-refractivity contribution in [3.05, 3.63) is 33.3 Å². The first-order valence-corrected chi connectivity index (χ1v) is 7.62. The molecule has 5 heteroatoms. The molecule has 0 bridgehead atoms. The van der Waals surface area contributed by atoms with Crippen LogP contribution in [-0.2, 0) is 4.74 Å². The summed E-state index contributed by atoms with van der Waals surface area (Å²) in [5, 5.41) is 0.765. The fraction of sp³-hybridized carbons (Fsp3) is 0.571. The van der Waals surface area contributed by atoms with Crippen molar-refractivity contribution < 1.29 is 4.74 Å². The zero-order valence-corrected chi connectivity index (χ0v) is 13.7. The average Bonchev–Trinajstić information content (AvgIpc) is 2.36. The van der Waals surface area contributed by atoms with Gasteiger partial charge in [0.1, 0.15) is 0 Å². The van der Waals surface area contributed by atoms with Crippen molar-refractivity contribution in [1.29, 1.82) is 0 Å². The lowest BCUT2D eigenvalue weighted by Crippen LogP contribution is -2.55. The zero-order chi connectivity index (χ0) is 14.0. The van der Waals surface area contributed by atoms with Crippen LogP contribution in [0.25, 0.3) is 0 Å². The molecule has 19 heavy (non-hydrogen) atoms. The van der Waals surface area contributed by atoms with Gasteiger partial charge in [-0.1, -0.05) is 27.5 Å². The Kier molecular flexibility index (Phi) is 4.90. The van der Waals surface area contributed by atoms with Gasteiger partial charge in [0.05, 0.1) is 13.2 Å². The summed E-state index contributed by atoms with van der Waals surface area (Å²) in [6.07, 6.45) is 0. The number of nitrogens with zero attached hydrogens (tertiary/aromatic N) is 1. The molecule has 0 aromatic heterocycles. The van der Waals surface area contributed by atoms with E-state index in [0.717, 1.165) is 34.8 Å². The molecule has 1 fully saturated rings. The highest BCUT2D eigenvalue weighted by Gasteiger charge is 2.36. The predicted molar refractivity (Wildman–Crippen MR) is 82.6 cm³/mol. The summed E-state index contributed by atoms with van der Waals surface area (Å²) >= 11 is 9.85. The lowest BCUT2D eigenvalue weighted by atomic mass is 9.95. The molecule has 1 heterocycles. The second-order valence-electron chi connectivity index (χ2n) is 5.48. The Bertz CT molecular complexity index is 453. The fourth-order valence-electron chi connectivity index (χ4n) is 2.64. The van der Waals surface area contributed by atoms with Gasteiger partial charge in [0.2, 0.25) is 0 Å². The van der Waals surface area contributed by atoms with Gasteiger partial charge in [-0.25, -0.2) is 0 Å². The van der Waals surface area contributed by atoms with Gasteiger partial charge in [-0.2, -0.15) is 0 Å². The lowest BCUT2D eigenvalue weighted by Gasteiger charge is -2.46. The number of rotatable bonds is 3. The number of morpholine rings is 1. The minimum atomic E-state index is -0.0338. The summed E-state index contributed by atoms with van der Waals surface area (Å²) in [6, 6.07) is 6.04. The summed E-state index contributed by atoms with van der Waals surface area (Å²) in [6.45, 7) is 7.24. The van der Waals surface area contributed by atoms with Gasteiger partial charge in [-0.05, 0) is 37.6 Å². The summed E-state index contributed by atoms with van der Waals surface area (Å²) in [7, 11) is 0. The van der Waals surface area contributed by atoms with Gasteiger partial charge in [0.25, 0.3) is 0 Å². The molecular formula is C14H20BrClN2O. The molecule has 1 saturated heterocycles. The van der Waals surface area contributed by atoms with Gasteiger partial charge >= 0.3 is 0 Å². The normalized spacial score (nSPS) is 21.3. The lowest BCUT2D eigenvalue weighted by molar-refractivity contribution is -0.0712. The molecule has 2 N–H and O–H groups in total. The van der Waals surface area contributed by atoms with E-state index in [1.165, 1.54) is 0 Å². The first-order chi connectivity index (χ1) is 8.95. The van der Waals surface area contributed by atoms with Gasteiger partial charge in [-0.15, -0.1) is 0 Å². The molecule has 106 valence electrons. The third-order valence-electron chi connectivity index (χ3n) is 3.63. The summed E-state index contributed by atoms with van der Waals surface area (Å²) in [5.41, 5.74) is 7.06. The van der Waals surface area contributed by atoms with E-state index in [2.05, 4.69) is 40.7 Å². The third-order valence-corrected chi connectivity index (χ3v) is 4.46. The Labute approximate surface area is 128 Å². The van der Waals surface area contributed by atoms with Crippen molar-refractivity contribution in [3.63, 3.8) is 0 Å². The molecule has 0 spiro atoms. The number of benzene rings is 1. The maximum atomic E-state index is 6.35. The minimum absolute atomic E-state index is 0.0338. The van der Waals surface area contributed by atoms with Crippen molar-refractivity contribution in [2.24, 2.45) is 5.73 Å². The molecule has 1 unspecified atom stereocenters. The highest BCUT2D eigenvalue weighted by molar-refractivity contribution is 9.10. The van der Waals surface area contributed by atoms with Crippen LogP contribution in [0.3, 0.4) is 0 Å². The van der Waals surface area contributed by atoms with Crippen molar-refractivity contribution in [1.82, 2.24) is 4.90 Å². The van der Waals surface area contributed by atoms with Crippen LogP contribution in [0.4, 0.5) is 0 Å². The second kappa shape index (κ2) is 6.10. The molecule has 1 aliphatic rings. The Hall–Kier alpha value is -0.130. The van der Waals surface area contributed by atoms with Crippen molar-refractivity contribution in [2.75, 3.05) is 26.3 Å². The highest BCUT2D eigenvalue weighted by atomic mass is 79.9. The molecular weight excluding hydrogens is 328 g/mol. The van der Waals surface area contributed by atoms with E-state index in [4.69, 9.17) is 22.1 Å². The van der Waals surface area contributed by atoms with E-state index in [-0.39, 0.29) is 11.6 Å². The summed E-state index contributed by atoms with van der Waals surface area (Å²) in [5.74, 6) is 0. The Morgan fingerprint density at radius 3 is 2.89 bits per heavy atom. The predicted octanol–water partition coefficient (Wildman–Crippen LogP) is 3.21. The topological polar surface area (TPSA) is 38.5 Å². The zero-order valence-electron chi connectivity index (χ0n) is 11.3. The first-order valence-electron chi connectivity index (χ1n) is 6.45.